The van der Waals surface area contributed by atoms with Crippen LogP contribution in [0.2, 0.25) is 5.02 Å². The van der Waals surface area contributed by atoms with Crippen LogP contribution in [-0.4, -0.2) is 21.1 Å². The SMILES string of the molecule is OC(c1ccc(Cl)cc1)(c1ccc2c(cnn2-c2ccc(F)cc2)c1)C(F)(F)F. The molecule has 0 aliphatic heterocycles. The third-order valence-corrected chi connectivity index (χ3v) is 4.98. The number of aliphatic hydroxyl groups is 1. The monoisotopic (exact) mass is 420 g/mol. The molecule has 0 radical (unpaired) electrons. The third-order valence-electron chi connectivity index (χ3n) is 4.73. The summed E-state index contributed by atoms with van der Waals surface area (Å²) in [6, 6.07) is 14.3. The van der Waals surface area contributed by atoms with E-state index in [-0.39, 0.29) is 16.1 Å². The topological polar surface area (TPSA) is 38.1 Å². The number of alkyl halides is 3. The number of nitrogens with zero attached hydrogens (tertiary/aromatic N) is 2. The van der Waals surface area contributed by atoms with Gasteiger partial charge in [-0.1, -0.05) is 29.8 Å². The summed E-state index contributed by atoms with van der Waals surface area (Å²) in [5.41, 5.74) is -2.85. The van der Waals surface area contributed by atoms with Crippen molar-refractivity contribution in [1.29, 1.82) is 0 Å². The largest absolute Gasteiger partial charge is 0.425 e. The molecule has 0 aliphatic carbocycles. The molecule has 0 saturated carbocycles. The van der Waals surface area contributed by atoms with E-state index in [1.807, 2.05) is 0 Å². The minimum absolute atomic E-state index is 0.259. The quantitative estimate of drug-likeness (QED) is 0.437. The molecule has 29 heavy (non-hydrogen) atoms. The molecular formula is C21H13ClF4N2O. The molecule has 0 fully saturated rings. The molecule has 0 spiro atoms. The molecule has 1 atom stereocenters. The van der Waals surface area contributed by atoms with Gasteiger partial charge in [-0.05, 0) is 59.7 Å². The van der Waals surface area contributed by atoms with Gasteiger partial charge in [-0.3, -0.25) is 0 Å². The molecule has 4 aromatic rings. The number of hydrogen-bond donors (Lipinski definition) is 1. The Balaban J connectivity index is 1.85. The van der Waals surface area contributed by atoms with E-state index in [9.17, 15) is 22.7 Å². The molecule has 0 aliphatic rings. The maximum Gasteiger partial charge on any atom is 0.425 e. The van der Waals surface area contributed by atoms with Crippen LogP contribution in [0.4, 0.5) is 17.6 Å². The van der Waals surface area contributed by atoms with E-state index in [0.29, 0.717) is 16.6 Å². The van der Waals surface area contributed by atoms with Crippen molar-refractivity contribution in [3.63, 3.8) is 0 Å². The van der Waals surface area contributed by atoms with Crippen molar-refractivity contribution >= 4 is 22.5 Å². The van der Waals surface area contributed by atoms with Crippen molar-refractivity contribution < 1.29 is 22.7 Å². The normalized spacial score (nSPS) is 14.1. The lowest BCUT2D eigenvalue weighted by Gasteiger charge is -2.31. The highest BCUT2D eigenvalue weighted by Gasteiger charge is 2.56. The predicted molar refractivity (Wildman–Crippen MR) is 102 cm³/mol. The van der Waals surface area contributed by atoms with Crippen molar-refractivity contribution in [1.82, 2.24) is 9.78 Å². The van der Waals surface area contributed by atoms with E-state index in [0.717, 1.165) is 12.1 Å². The maximum atomic E-state index is 13.9. The van der Waals surface area contributed by atoms with Crippen molar-refractivity contribution in [3.05, 3.63) is 94.9 Å². The van der Waals surface area contributed by atoms with Gasteiger partial charge in [-0.25, -0.2) is 9.07 Å². The molecule has 0 saturated heterocycles. The standard InChI is InChI=1S/C21H13ClF4N2O/c22-16-4-1-14(2-5-16)20(29,21(24,25)26)15-3-10-19-13(11-15)12-27-28(19)18-8-6-17(23)7-9-18/h1-12,29H. The van der Waals surface area contributed by atoms with Crippen LogP contribution < -0.4 is 0 Å². The van der Waals surface area contributed by atoms with Crippen molar-refractivity contribution in [3.8, 4) is 5.69 Å². The Labute approximate surface area is 167 Å². The molecule has 3 aromatic carbocycles. The number of aromatic nitrogens is 2. The third kappa shape index (κ3) is 3.26. The number of hydrogen-bond acceptors (Lipinski definition) is 2. The Morgan fingerprint density at radius 1 is 0.862 bits per heavy atom. The lowest BCUT2D eigenvalue weighted by atomic mass is 9.85. The van der Waals surface area contributed by atoms with E-state index in [1.165, 1.54) is 65.5 Å². The average Bonchev–Trinajstić information content (AvgIpc) is 3.11. The second kappa shape index (κ2) is 6.86. The van der Waals surface area contributed by atoms with Gasteiger partial charge in [0, 0.05) is 10.4 Å². The van der Waals surface area contributed by atoms with Gasteiger partial charge in [-0.15, -0.1) is 0 Å². The highest BCUT2D eigenvalue weighted by Crippen LogP contribution is 2.45. The van der Waals surface area contributed by atoms with Crippen LogP contribution in [0.3, 0.4) is 0 Å². The van der Waals surface area contributed by atoms with Gasteiger partial charge < -0.3 is 5.11 Å². The van der Waals surface area contributed by atoms with E-state index >= 15 is 0 Å². The van der Waals surface area contributed by atoms with Crippen LogP contribution >= 0.6 is 11.6 Å². The summed E-state index contributed by atoms with van der Waals surface area (Å²) < 4.78 is 56.5. The molecule has 1 N–H and O–H groups in total. The molecule has 1 unspecified atom stereocenters. The summed E-state index contributed by atoms with van der Waals surface area (Å²) in [5.74, 6) is -0.411. The Bertz CT molecular complexity index is 1170. The molecule has 0 bridgehead atoms. The molecular weight excluding hydrogens is 408 g/mol. The lowest BCUT2D eigenvalue weighted by molar-refractivity contribution is -0.248. The van der Waals surface area contributed by atoms with Gasteiger partial charge in [0.1, 0.15) is 5.82 Å². The smallest absolute Gasteiger partial charge is 0.372 e. The summed E-state index contributed by atoms with van der Waals surface area (Å²) in [4.78, 5) is 0. The van der Waals surface area contributed by atoms with E-state index < -0.39 is 17.6 Å². The highest BCUT2D eigenvalue weighted by atomic mass is 35.5. The van der Waals surface area contributed by atoms with E-state index in [2.05, 4.69) is 5.10 Å². The van der Waals surface area contributed by atoms with Crippen LogP contribution in [0.15, 0.2) is 72.9 Å². The molecule has 1 heterocycles. The Morgan fingerprint density at radius 2 is 1.48 bits per heavy atom. The fraction of sp³-hybridized carbons (Fsp3) is 0.0952. The Hall–Kier alpha value is -2.90. The van der Waals surface area contributed by atoms with Gasteiger partial charge in [0.25, 0.3) is 0 Å². The fourth-order valence-corrected chi connectivity index (χ4v) is 3.36. The number of fused-ring (bicyclic) bond motifs is 1. The summed E-state index contributed by atoms with van der Waals surface area (Å²) >= 11 is 5.77. The zero-order valence-electron chi connectivity index (χ0n) is 14.7. The van der Waals surface area contributed by atoms with Crippen molar-refractivity contribution in [2.24, 2.45) is 0 Å². The van der Waals surface area contributed by atoms with E-state index in [4.69, 9.17) is 11.6 Å². The summed E-state index contributed by atoms with van der Waals surface area (Å²) in [5, 5.41) is 15.6. The van der Waals surface area contributed by atoms with Crippen LogP contribution in [0.1, 0.15) is 11.1 Å². The van der Waals surface area contributed by atoms with Crippen LogP contribution in [0, 0.1) is 5.82 Å². The average molecular weight is 421 g/mol. The molecule has 4 rings (SSSR count). The Morgan fingerprint density at radius 3 is 2.10 bits per heavy atom. The van der Waals surface area contributed by atoms with Gasteiger partial charge in [0.2, 0.25) is 5.60 Å². The second-order valence-corrected chi connectivity index (χ2v) is 6.96. The first-order valence-corrected chi connectivity index (χ1v) is 8.87. The zero-order valence-corrected chi connectivity index (χ0v) is 15.4. The Kier molecular flexibility index (Phi) is 4.59. The van der Waals surface area contributed by atoms with Crippen LogP contribution in [0.5, 0.6) is 0 Å². The zero-order chi connectivity index (χ0) is 20.8. The first-order valence-electron chi connectivity index (χ1n) is 8.49. The number of benzene rings is 3. The number of rotatable bonds is 3. The van der Waals surface area contributed by atoms with Crippen LogP contribution in [-0.2, 0) is 5.60 Å². The molecule has 3 nitrogen and oxygen atoms in total. The van der Waals surface area contributed by atoms with Gasteiger partial charge in [0.05, 0.1) is 17.4 Å². The summed E-state index contributed by atoms with van der Waals surface area (Å²) in [7, 11) is 0. The number of halogens is 5. The predicted octanol–water partition coefficient (Wildman–Crippen LogP) is 5.62. The summed E-state index contributed by atoms with van der Waals surface area (Å²) in [6.45, 7) is 0. The van der Waals surface area contributed by atoms with Gasteiger partial charge in [0.15, 0.2) is 0 Å². The minimum atomic E-state index is -4.97. The maximum absolute atomic E-state index is 13.9. The lowest BCUT2D eigenvalue weighted by Crippen LogP contribution is -2.43. The highest BCUT2D eigenvalue weighted by molar-refractivity contribution is 6.30. The van der Waals surface area contributed by atoms with Gasteiger partial charge in [-0.2, -0.15) is 18.3 Å². The van der Waals surface area contributed by atoms with Gasteiger partial charge >= 0.3 is 6.18 Å². The van der Waals surface area contributed by atoms with Crippen LogP contribution in [0.25, 0.3) is 16.6 Å². The van der Waals surface area contributed by atoms with E-state index in [1.54, 1.807) is 0 Å². The summed E-state index contributed by atoms with van der Waals surface area (Å²) in [6.07, 6.45) is -3.58. The first-order chi connectivity index (χ1) is 13.7. The molecule has 0 amide bonds. The minimum Gasteiger partial charge on any atom is -0.372 e. The fourth-order valence-electron chi connectivity index (χ4n) is 3.23. The first kappa shape index (κ1) is 19.4. The van der Waals surface area contributed by atoms with Crippen molar-refractivity contribution in [2.75, 3.05) is 0 Å². The second-order valence-electron chi connectivity index (χ2n) is 6.52. The molecule has 1 aromatic heterocycles. The van der Waals surface area contributed by atoms with Crippen molar-refractivity contribution in [2.45, 2.75) is 11.8 Å². The molecule has 8 heteroatoms. The molecule has 148 valence electrons.